The first-order valence-corrected chi connectivity index (χ1v) is 10.3. The molecule has 1 unspecified atom stereocenters. The summed E-state index contributed by atoms with van der Waals surface area (Å²) in [5.41, 5.74) is 1.50. The van der Waals surface area contributed by atoms with E-state index in [-0.39, 0.29) is 24.3 Å². The monoisotopic (exact) mass is 440 g/mol. The summed E-state index contributed by atoms with van der Waals surface area (Å²) in [7, 11) is 4.60. The molecule has 1 N–H and O–H groups in total. The van der Waals surface area contributed by atoms with Gasteiger partial charge in [0.2, 0.25) is 17.6 Å². The van der Waals surface area contributed by atoms with Crippen molar-refractivity contribution < 1.29 is 28.5 Å². The predicted molar refractivity (Wildman–Crippen MR) is 122 cm³/mol. The van der Waals surface area contributed by atoms with Crippen LogP contribution in [0, 0.1) is 0 Å². The van der Waals surface area contributed by atoms with E-state index in [1.165, 1.54) is 27.4 Å². The number of benzene rings is 2. The minimum Gasteiger partial charge on any atom is -0.494 e. The SMILES string of the molecule is CCOc1ccc(N2CC(NC(=O)/C=C/c3cc(OC)c(OC)c(OC)c3)CC2=O)cc1. The van der Waals surface area contributed by atoms with Crippen molar-refractivity contribution in [3.05, 3.63) is 48.0 Å². The second-order valence-electron chi connectivity index (χ2n) is 7.13. The van der Waals surface area contributed by atoms with Crippen molar-refractivity contribution in [2.24, 2.45) is 0 Å². The summed E-state index contributed by atoms with van der Waals surface area (Å²) in [5, 5.41) is 2.89. The minimum absolute atomic E-state index is 0.0342. The third-order valence-electron chi connectivity index (χ3n) is 5.05. The van der Waals surface area contributed by atoms with E-state index in [2.05, 4.69) is 5.32 Å². The zero-order valence-electron chi connectivity index (χ0n) is 18.7. The van der Waals surface area contributed by atoms with Crippen LogP contribution in [0.2, 0.25) is 0 Å². The average Bonchev–Trinajstić information content (AvgIpc) is 3.17. The molecule has 8 heteroatoms. The summed E-state index contributed by atoms with van der Waals surface area (Å²) in [5.74, 6) is 1.91. The Hall–Kier alpha value is -3.68. The summed E-state index contributed by atoms with van der Waals surface area (Å²) >= 11 is 0. The van der Waals surface area contributed by atoms with Crippen LogP contribution in [0.3, 0.4) is 0 Å². The van der Waals surface area contributed by atoms with Crippen LogP contribution >= 0.6 is 0 Å². The van der Waals surface area contributed by atoms with Crippen molar-refractivity contribution in [3.8, 4) is 23.0 Å². The van der Waals surface area contributed by atoms with Gasteiger partial charge in [-0.3, -0.25) is 9.59 Å². The topological polar surface area (TPSA) is 86.3 Å². The van der Waals surface area contributed by atoms with E-state index < -0.39 is 0 Å². The van der Waals surface area contributed by atoms with Gasteiger partial charge in [-0.15, -0.1) is 0 Å². The van der Waals surface area contributed by atoms with E-state index in [0.717, 1.165) is 11.4 Å². The van der Waals surface area contributed by atoms with Crippen LogP contribution in [0.15, 0.2) is 42.5 Å². The molecule has 8 nitrogen and oxygen atoms in total. The Balaban J connectivity index is 1.63. The van der Waals surface area contributed by atoms with Gasteiger partial charge in [-0.25, -0.2) is 0 Å². The standard InChI is InChI=1S/C24H28N2O6/c1-5-32-19-9-7-18(8-10-19)26-15-17(14-23(26)28)25-22(27)11-6-16-12-20(29-2)24(31-4)21(13-16)30-3/h6-13,17H,5,14-15H2,1-4H3,(H,25,27)/b11-6+. The van der Waals surface area contributed by atoms with Gasteiger partial charge in [0.25, 0.3) is 0 Å². The summed E-state index contributed by atoms with van der Waals surface area (Å²) in [6.07, 6.45) is 3.32. The van der Waals surface area contributed by atoms with Gasteiger partial charge in [-0.05, 0) is 55.0 Å². The van der Waals surface area contributed by atoms with Crippen molar-refractivity contribution >= 4 is 23.6 Å². The van der Waals surface area contributed by atoms with Crippen molar-refractivity contribution in [3.63, 3.8) is 0 Å². The Bertz CT molecular complexity index is 961. The fraction of sp³-hybridized carbons (Fsp3) is 0.333. The number of amides is 2. The molecule has 32 heavy (non-hydrogen) atoms. The van der Waals surface area contributed by atoms with Gasteiger partial charge in [-0.2, -0.15) is 0 Å². The molecule has 0 saturated carbocycles. The van der Waals surface area contributed by atoms with Crippen molar-refractivity contribution in [1.82, 2.24) is 5.32 Å². The van der Waals surface area contributed by atoms with Crippen LogP contribution in [0.25, 0.3) is 6.08 Å². The highest BCUT2D eigenvalue weighted by molar-refractivity contribution is 5.98. The molecular weight excluding hydrogens is 412 g/mol. The number of anilines is 1. The lowest BCUT2D eigenvalue weighted by atomic mass is 10.1. The molecule has 0 radical (unpaired) electrons. The second kappa shape index (κ2) is 10.6. The first-order chi connectivity index (χ1) is 15.5. The number of rotatable bonds is 9. The first kappa shape index (κ1) is 23.0. The third kappa shape index (κ3) is 5.32. The lowest BCUT2D eigenvalue weighted by molar-refractivity contribution is -0.117. The van der Waals surface area contributed by atoms with Crippen molar-refractivity contribution in [2.75, 3.05) is 39.4 Å². The van der Waals surface area contributed by atoms with E-state index in [1.807, 2.05) is 31.2 Å². The predicted octanol–water partition coefficient (Wildman–Crippen LogP) is 3.05. The summed E-state index contributed by atoms with van der Waals surface area (Å²) < 4.78 is 21.4. The number of hydrogen-bond acceptors (Lipinski definition) is 6. The van der Waals surface area contributed by atoms with Crippen LogP contribution in [0.5, 0.6) is 23.0 Å². The molecule has 0 aliphatic carbocycles. The fourth-order valence-corrected chi connectivity index (χ4v) is 3.56. The molecular formula is C24H28N2O6. The molecule has 0 aromatic heterocycles. The first-order valence-electron chi connectivity index (χ1n) is 10.3. The Kier molecular flexibility index (Phi) is 7.59. The van der Waals surface area contributed by atoms with Gasteiger partial charge in [-0.1, -0.05) is 0 Å². The molecule has 170 valence electrons. The minimum atomic E-state index is -0.287. The fourth-order valence-electron chi connectivity index (χ4n) is 3.56. The normalized spacial score (nSPS) is 15.7. The molecule has 2 amide bonds. The Labute approximate surface area is 187 Å². The molecule has 1 heterocycles. The van der Waals surface area contributed by atoms with Crippen molar-refractivity contribution in [1.29, 1.82) is 0 Å². The highest BCUT2D eigenvalue weighted by Gasteiger charge is 2.31. The lowest BCUT2D eigenvalue weighted by Gasteiger charge is -2.17. The van der Waals surface area contributed by atoms with E-state index in [4.69, 9.17) is 18.9 Å². The quantitative estimate of drug-likeness (QED) is 0.603. The Morgan fingerprint density at radius 3 is 2.31 bits per heavy atom. The van der Waals surface area contributed by atoms with E-state index in [1.54, 1.807) is 23.1 Å². The maximum Gasteiger partial charge on any atom is 0.244 e. The number of carbonyl (C=O) groups excluding carboxylic acids is 2. The van der Waals surface area contributed by atoms with Crippen LogP contribution in [0.1, 0.15) is 18.9 Å². The molecule has 1 aliphatic rings. The summed E-state index contributed by atoms with van der Waals surface area (Å²) in [4.78, 5) is 26.6. The maximum absolute atomic E-state index is 12.4. The molecule has 0 spiro atoms. The van der Waals surface area contributed by atoms with Crippen LogP contribution in [0.4, 0.5) is 5.69 Å². The number of carbonyl (C=O) groups is 2. The Morgan fingerprint density at radius 2 is 1.75 bits per heavy atom. The van der Waals surface area contributed by atoms with E-state index in [0.29, 0.717) is 36.0 Å². The highest BCUT2D eigenvalue weighted by atomic mass is 16.5. The van der Waals surface area contributed by atoms with Gasteiger partial charge >= 0.3 is 0 Å². The largest absolute Gasteiger partial charge is 0.494 e. The number of nitrogens with zero attached hydrogens (tertiary/aromatic N) is 1. The van der Waals surface area contributed by atoms with Crippen molar-refractivity contribution in [2.45, 2.75) is 19.4 Å². The molecule has 3 rings (SSSR count). The molecule has 2 aromatic carbocycles. The molecule has 0 bridgehead atoms. The summed E-state index contributed by atoms with van der Waals surface area (Å²) in [6, 6.07) is 10.6. The molecule has 1 aliphatic heterocycles. The number of ether oxygens (including phenoxy) is 4. The van der Waals surface area contributed by atoms with E-state index >= 15 is 0 Å². The molecule has 2 aromatic rings. The lowest BCUT2D eigenvalue weighted by Crippen LogP contribution is -2.36. The van der Waals surface area contributed by atoms with Crippen LogP contribution in [-0.4, -0.2) is 52.3 Å². The highest BCUT2D eigenvalue weighted by Crippen LogP contribution is 2.38. The number of nitrogens with one attached hydrogen (secondary N) is 1. The van der Waals surface area contributed by atoms with E-state index in [9.17, 15) is 9.59 Å². The maximum atomic E-state index is 12.4. The second-order valence-corrected chi connectivity index (χ2v) is 7.13. The number of hydrogen-bond donors (Lipinski definition) is 1. The third-order valence-corrected chi connectivity index (χ3v) is 5.05. The zero-order valence-corrected chi connectivity index (χ0v) is 18.7. The van der Waals surface area contributed by atoms with Gasteiger partial charge < -0.3 is 29.2 Å². The molecule has 1 saturated heterocycles. The average molecular weight is 440 g/mol. The van der Waals surface area contributed by atoms with Gasteiger partial charge in [0.05, 0.1) is 34.0 Å². The smallest absolute Gasteiger partial charge is 0.244 e. The molecule has 1 fully saturated rings. The Morgan fingerprint density at radius 1 is 1.09 bits per heavy atom. The number of methoxy groups -OCH3 is 3. The zero-order chi connectivity index (χ0) is 23.1. The summed E-state index contributed by atoms with van der Waals surface area (Å²) in [6.45, 7) is 2.91. The van der Waals surface area contributed by atoms with Gasteiger partial charge in [0.1, 0.15) is 5.75 Å². The van der Waals surface area contributed by atoms with Gasteiger partial charge in [0, 0.05) is 24.7 Å². The van der Waals surface area contributed by atoms with Crippen LogP contribution < -0.4 is 29.2 Å². The van der Waals surface area contributed by atoms with Crippen LogP contribution in [-0.2, 0) is 9.59 Å². The molecule has 1 atom stereocenters. The van der Waals surface area contributed by atoms with Gasteiger partial charge in [0.15, 0.2) is 11.5 Å².